The van der Waals surface area contributed by atoms with Crippen molar-refractivity contribution in [2.75, 3.05) is 14.2 Å². The van der Waals surface area contributed by atoms with Gasteiger partial charge in [-0.1, -0.05) is 0 Å². The van der Waals surface area contributed by atoms with Crippen molar-refractivity contribution in [3.63, 3.8) is 0 Å². The molecule has 144 valence electrons. The average Bonchev–Trinajstić information content (AvgIpc) is 2.70. The minimum atomic E-state index is -0.410. The van der Waals surface area contributed by atoms with Crippen LogP contribution < -0.4 is 13.9 Å². The van der Waals surface area contributed by atoms with E-state index in [1.807, 2.05) is 6.07 Å². The summed E-state index contributed by atoms with van der Waals surface area (Å²) in [6.07, 6.45) is 4.12. The molecule has 0 amide bonds. The number of methoxy groups -OCH3 is 2. The number of carbonyl (C=O) groups is 1. The van der Waals surface area contributed by atoms with Crippen LogP contribution in [0.2, 0.25) is 4.82 Å². The van der Waals surface area contributed by atoms with Crippen LogP contribution in [-0.4, -0.2) is 46.4 Å². The topological polar surface area (TPSA) is 65.0 Å². The van der Waals surface area contributed by atoms with E-state index in [1.165, 1.54) is 37.2 Å². The second-order valence-corrected chi connectivity index (χ2v) is 9.18. The molecular weight excluding hydrogens is 411 g/mol. The Bertz CT molecular complexity index is 752. The van der Waals surface area contributed by atoms with Gasteiger partial charge in [0.05, 0.1) is 0 Å². The normalized spacial score (nSPS) is 19.3. The first kappa shape index (κ1) is 19.6. The van der Waals surface area contributed by atoms with Crippen LogP contribution in [0, 0.1) is 0 Å². The van der Waals surface area contributed by atoms with Crippen LogP contribution in [-0.2, 0) is 4.74 Å². The van der Waals surface area contributed by atoms with Crippen LogP contribution in [0.5, 0.6) is 17.2 Å². The third-order valence-corrected chi connectivity index (χ3v) is 7.56. The molecule has 6 heteroatoms. The Morgan fingerprint density at radius 1 is 1.04 bits per heavy atom. The molecule has 0 bridgehead atoms. The number of benzene rings is 2. The molecule has 0 heterocycles. The fraction of sp³-hybridized carbons (Fsp3) is 0.381. The van der Waals surface area contributed by atoms with Gasteiger partial charge < -0.3 is 0 Å². The average molecular weight is 435 g/mol. The number of hydrogen-bond donors (Lipinski definition) is 1. The first-order valence-corrected chi connectivity index (χ1v) is 10.8. The van der Waals surface area contributed by atoms with Crippen LogP contribution in [0.4, 0.5) is 0 Å². The Hall–Kier alpha value is -2.17. The molecule has 5 nitrogen and oxygen atoms in total. The van der Waals surface area contributed by atoms with Crippen molar-refractivity contribution in [2.45, 2.75) is 36.6 Å². The van der Waals surface area contributed by atoms with Gasteiger partial charge in [0.25, 0.3) is 0 Å². The fourth-order valence-electron chi connectivity index (χ4n) is 3.22. The third-order valence-electron chi connectivity index (χ3n) is 4.65. The zero-order chi connectivity index (χ0) is 19.2. The second-order valence-electron chi connectivity index (χ2n) is 6.43. The van der Waals surface area contributed by atoms with Gasteiger partial charge in [0.1, 0.15) is 0 Å². The first-order valence-electron chi connectivity index (χ1n) is 9.00. The van der Waals surface area contributed by atoms with Gasteiger partial charge in [0.2, 0.25) is 0 Å². The van der Waals surface area contributed by atoms with Gasteiger partial charge in [-0.25, -0.2) is 0 Å². The van der Waals surface area contributed by atoms with Gasteiger partial charge in [-0.15, -0.1) is 0 Å². The molecule has 27 heavy (non-hydrogen) atoms. The van der Waals surface area contributed by atoms with Gasteiger partial charge in [-0.05, 0) is 0 Å². The van der Waals surface area contributed by atoms with Crippen LogP contribution in [0.25, 0.3) is 0 Å². The van der Waals surface area contributed by atoms with Crippen molar-refractivity contribution < 1.29 is 24.1 Å². The molecule has 1 aliphatic rings. The number of hydrogen-bond acceptors (Lipinski definition) is 5. The molecule has 3 rings (SSSR count). The molecule has 0 aliphatic heterocycles. The Kier molecular flexibility index (Phi) is 6.64. The molecule has 0 radical (unpaired) electrons. The molecule has 2 aromatic carbocycles. The summed E-state index contributed by atoms with van der Waals surface area (Å²) in [6, 6.07) is 13.4. The van der Waals surface area contributed by atoms with E-state index in [0.29, 0.717) is 10.4 Å². The maximum absolute atomic E-state index is 12.8. The SMILES string of the molecule is COc1cc(C(=O)OC2CCCCC2[Se]c2ccccc2)cc(OC)c1O. The molecule has 0 spiro atoms. The molecular formula is C21H24O5Se. The second kappa shape index (κ2) is 9.16. The number of rotatable bonds is 6. The summed E-state index contributed by atoms with van der Waals surface area (Å²) in [7, 11) is 2.87. The van der Waals surface area contributed by atoms with Crippen molar-refractivity contribution in [1.82, 2.24) is 0 Å². The molecule has 1 saturated carbocycles. The maximum atomic E-state index is 12.8. The molecule has 1 N–H and O–H groups in total. The van der Waals surface area contributed by atoms with E-state index in [-0.39, 0.29) is 38.3 Å². The van der Waals surface area contributed by atoms with Gasteiger partial charge >= 0.3 is 166 Å². The molecule has 2 aromatic rings. The zero-order valence-corrected chi connectivity index (χ0v) is 17.2. The van der Waals surface area contributed by atoms with E-state index in [1.54, 1.807) is 0 Å². The molecule has 2 atom stereocenters. The Labute approximate surface area is 165 Å². The number of esters is 1. The zero-order valence-electron chi connectivity index (χ0n) is 15.5. The number of ether oxygens (including phenoxy) is 3. The van der Waals surface area contributed by atoms with Crippen LogP contribution in [0.3, 0.4) is 0 Å². The Balaban J connectivity index is 1.75. The number of phenols is 1. The molecule has 2 unspecified atom stereocenters. The van der Waals surface area contributed by atoms with Crippen LogP contribution in [0.15, 0.2) is 42.5 Å². The number of aromatic hydroxyl groups is 1. The quantitative estimate of drug-likeness (QED) is 0.557. The van der Waals surface area contributed by atoms with Crippen molar-refractivity contribution >= 4 is 25.4 Å². The van der Waals surface area contributed by atoms with E-state index in [9.17, 15) is 9.90 Å². The van der Waals surface area contributed by atoms with E-state index >= 15 is 0 Å². The van der Waals surface area contributed by atoms with Gasteiger partial charge in [0.15, 0.2) is 0 Å². The molecule has 1 aliphatic carbocycles. The van der Waals surface area contributed by atoms with Crippen molar-refractivity contribution in [3.8, 4) is 17.2 Å². The Morgan fingerprint density at radius 2 is 1.67 bits per heavy atom. The van der Waals surface area contributed by atoms with Gasteiger partial charge in [0, 0.05) is 0 Å². The van der Waals surface area contributed by atoms with E-state index < -0.39 is 5.97 Å². The molecule has 0 saturated heterocycles. The predicted octanol–water partition coefficient (Wildman–Crippen LogP) is 3.33. The van der Waals surface area contributed by atoms with Crippen LogP contribution in [0.1, 0.15) is 36.0 Å². The summed E-state index contributed by atoms with van der Waals surface area (Å²) in [5.41, 5.74) is 0.318. The van der Waals surface area contributed by atoms with E-state index in [2.05, 4.69) is 24.3 Å². The molecule has 0 aromatic heterocycles. The summed E-state index contributed by atoms with van der Waals surface area (Å²) in [5.74, 6) is -0.156. The summed E-state index contributed by atoms with van der Waals surface area (Å²) < 4.78 is 17.5. The monoisotopic (exact) mass is 436 g/mol. The summed E-state index contributed by atoms with van der Waals surface area (Å²) >= 11 is 0.261. The third kappa shape index (κ3) is 4.76. The van der Waals surface area contributed by atoms with Crippen molar-refractivity contribution in [3.05, 3.63) is 48.0 Å². The van der Waals surface area contributed by atoms with Crippen LogP contribution >= 0.6 is 0 Å². The van der Waals surface area contributed by atoms with Crippen molar-refractivity contribution in [1.29, 1.82) is 0 Å². The number of phenolic OH excluding ortho intramolecular Hbond substituents is 1. The minimum absolute atomic E-state index is 0.0859. The predicted molar refractivity (Wildman–Crippen MR) is 104 cm³/mol. The van der Waals surface area contributed by atoms with Crippen molar-refractivity contribution in [2.24, 2.45) is 0 Å². The van der Waals surface area contributed by atoms with E-state index in [4.69, 9.17) is 14.2 Å². The summed E-state index contributed by atoms with van der Waals surface area (Å²) in [5, 5.41) is 10.0. The van der Waals surface area contributed by atoms with Gasteiger partial charge in [-0.3, -0.25) is 0 Å². The summed E-state index contributed by atoms with van der Waals surface area (Å²) in [4.78, 5) is 13.1. The van der Waals surface area contributed by atoms with Gasteiger partial charge in [-0.2, -0.15) is 0 Å². The first-order chi connectivity index (χ1) is 13.1. The Morgan fingerprint density at radius 3 is 2.30 bits per heavy atom. The summed E-state index contributed by atoms with van der Waals surface area (Å²) in [6.45, 7) is 0. The number of carbonyl (C=O) groups excluding carboxylic acids is 1. The fourth-order valence-corrected chi connectivity index (χ4v) is 5.93. The molecule has 1 fully saturated rings. The standard InChI is InChI=1S/C21H24O5Se/c1-24-17-12-14(13-18(25-2)20(17)22)21(23)26-16-10-6-7-11-19(16)27-15-8-4-3-5-9-15/h3-5,8-9,12-13,16,19,22H,6-7,10-11H2,1-2H3. The van der Waals surface area contributed by atoms with E-state index in [0.717, 1.165) is 19.3 Å².